The van der Waals surface area contributed by atoms with E-state index in [0.717, 1.165) is 31.9 Å². The topological polar surface area (TPSA) is 94.1 Å². The number of carbonyl (C=O) groups excluding carboxylic acids is 1. The first-order chi connectivity index (χ1) is 11.8. The summed E-state index contributed by atoms with van der Waals surface area (Å²) in [5.41, 5.74) is 1.10. The number of nitrogens with zero attached hydrogens (tertiary/aromatic N) is 1. The second-order valence-electron chi connectivity index (χ2n) is 7.22. The molecule has 1 amide bonds. The predicted molar refractivity (Wildman–Crippen MR) is 96.7 cm³/mol. The Labute approximate surface area is 149 Å². The summed E-state index contributed by atoms with van der Waals surface area (Å²) in [7, 11) is 0. The fourth-order valence-corrected chi connectivity index (χ4v) is 2.64. The second-order valence-corrected chi connectivity index (χ2v) is 7.22. The maximum absolute atomic E-state index is 11.6. The Hall–Kier alpha value is -1.83. The van der Waals surface area contributed by atoms with E-state index in [1.165, 1.54) is 0 Å². The molecule has 1 saturated heterocycles. The molecule has 0 saturated carbocycles. The van der Waals surface area contributed by atoms with E-state index in [-0.39, 0.29) is 6.54 Å². The Balaban J connectivity index is 1.86. The molecule has 1 aromatic carbocycles. The molecule has 0 spiro atoms. The first-order valence-corrected chi connectivity index (χ1v) is 8.65. The second kappa shape index (κ2) is 8.51. The molecule has 1 heterocycles. The lowest BCUT2D eigenvalue weighted by Crippen LogP contribution is -2.43. The fourth-order valence-electron chi connectivity index (χ4n) is 2.64. The van der Waals surface area contributed by atoms with Gasteiger partial charge in [0.05, 0.1) is 0 Å². The molecule has 0 aliphatic carbocycles. The number of anilines is 1. The Morgan fingerprint density at radius 3 is 2.40 bits per heavy atom. The molecule has 1 aliphatic rings. The number of nitrogens with one attached hydrogen (secondary N) is 2. The predicted octanol–water partition coefficient (Wildman–Crippen LogP) is 1.02. The van der Waals surface area contributed by atoms with Crippen LogP contribution in [0.2, 0.25) is 0 Å². The lowest BCUT2D eigenvalue weighted by Gasteiger charge is -2.29. The van der Waals surface area contributed by atoms with E-state index in [4.69, 9.17) is 4.74 Å². The van der Waals surface area contributed by atoms with Gasteiger partial charge in [0.15, 0.2) is 0 Å². The molecular weight excluding hydrogens is 322 g/mol. The van der Waals surface area contributed by atoms with Crippen LogP contribution >= 0.6 is 0 Å². The molecule has 0 radical (unpaired) electrons. The minimum absolute atomic E-state index is 0.0877. The van der Waals surface area contributed by atoms with E-state index >= 15 is 0 Å². The summed E-state index contributed by atoms with van der Waals surface area (Å²) >= 11 is 0. The number of amides is 1. The number of piperazine rings is 1. The summed E-state index contributed by atoms with van der Waals surface area (Å²) < 4.78 is 5.10. The summed E-state index contributed by atoms with van der Waals surface area (Å²) in [6, 6.07) is 7.49. The highest BCUT2D eigenvalue weighted by atomic mass is 16.6. The lowest BCUT2D eigenvalue weighted by atomic mass is 10.0. The van der Waals surface area contributed by atoms with Crippen LogP contribution in [-0.4, -0.2) is 60.7 Å². The molecule has 1 aliphatic heterocycles. The number of hydrogen-bond donors (Lipinski definition) is 4. The van der Waals surface area contributed by atoms with Gasteiger partial charge in [-0.15, -0.1) is 0 Å². The Bertz CT molecular complexity index is 550. The van der Waals surface area contributed by atoms with Gasteiger partial charge in [-0.3, -0.25) is 0 Å². The number of ether oxygens (including phenoxy) is 1. The monoisotopic (exact) mass is 351 g/mol. The van der Waals surface area contributed by atoms with E-state index in [0.29, 0.717) is 5.56 Å². The molecule has 1 aromatic rings. The van der Waals surface area contributed by atoms with Crippen molar-refractivity contribution in [1.82, 2.24) is 10.6 Å². The van der Waals surface area contributed by atoms with Gasteiger partial charge < -0.3 is 30.5 Å². The molecule has 2 unspecified atom stereocenters. The van der Waals surface area contributed by atoms with Gasteiger partial charge in [0.2, 0.25) is 0 Å². The maximum Gasteiger partial charge on any atom is 0.407 e. The summed E-state index contributed by atoms with van der Waals surface area (Å²) in [5, 5.41) is 26.1. The smallest absolute Gasteiger partial charge is 0.407 e. The van der Waals surface area contributed by atoms with Crippen LogP contribution in [0.15, 0.2) is 24.3 Å². The first-order valence-electron chi connectivity index (χ1n) is 8.65. The molecule has 4 N–H and O–H groups in total. The zero-order chi connectivity index (χ0) is 18.4. The minimum atomic E-state index is -1.11. The molecule has 2 rings (SSSR count). The van der Waals surface area contributed by atoms with E-state index < -0.39 is 23.9 Å². The van der Waals surface area contributed by atoms with Crippen LogP contribution in [0.4, 0.5) is 10.5 Å². The van der Waals surface area contributed by atoms with Gasteiger partial charge in [0.1, 0.15) is 17.8 Å². The van der Waals surface area contributed by atoms with Crippen molar-refractivity contribution in [2.45, 2.75) is 38.6 Å². The number of rotatable bonds is 5. The lowest BCUT2D eigenvalue weighted by molar-refractivity contribution is 0.0129. The number of alkyl carbamates (subject to hydrolysis) is 1. The third-order valence-corrected chi connectivity index (χ3v) is 3.94. The Morgan fingerprint density at radius 2 is 1.84 bits per heavy atom. The summed E-state index contributed by atoms with van der Waals surface area (Å²) in [6.45, 7) is 9.01. The SMILES string of the molecule is CC(C)(C)OC(=O)NCC(O)C(O)c1ccc(N2CCNCC2)cc1. The molecule has 7 nitrogen and oxygen atoms in total. The zero-order valence-electron chi connectivity index (χ0n) is 15.2. The van der Waals surface area contributed by atoms with Crippen molar-refractivity contribution in [3.63, 3.8) is 0 Å². The standard InChI is InChI=1S/C18H29N3O4/c1-18(2,3)25-17(24)20-12-15(22)16(23)13-4-6-14(7-5-13)21-10-8-19-9-11-21/h4-7,15-16,19,22-23H,8-12H2,1-3H3,(H,20,24). The molecule has 0 aromatic heterocycles. The van der Waals surface area contributed by atoms with Crippen molar-refractivity contribution in [3.8, 4) is 0 Å². The van der Waals surface area contributed by atoms with Crippen LogP contribution in [0.5, 0.6) is 0 Å². The fraction of sp³-hybridized carbons (Fsp3) is 0.611. The molecule has 1 fully saturated rings. The normalized spacial score (nSPS) is 17.7. The van der Waals surface area contributed by atoms with Crippen molar-refractivity contribution in [1.29, 1.82) is 0 Å². The van der Waals surface area contributed by atoms with Crippen molar-refractivity contribution >= 4 is 11.8 Å². The highest BCUT2D eigenvalue weighted by molar-refractivity contribution is 5.67. The van der Waals surface area contributed by atoms with Crippen molar-refractivity contribution in [2.75, 3.05) is 37.6 Å². The summed E-state index contributed by atoms with van der Waals surface area (Å²) in [5.74, 6) is 0. The number of aliphatic hydroxyl groups is 2. The Morgan fingerprint density at radius 1 is 1.24 bits per heavy atom. The Kier molecular flexibility index (Phi) is 6.64. The molecule has 2 atom stereocenters. The third-order valence-electron chi connectivity index (χ3n) is 3.94. The van der Waals surface area contributed by atoms with Crippen LogP contribution in [0, 0.1) is 0 Å². The van der Waals surface area contributed by atoms with E-state index in [1.54, 1.807) is 32.9 Å². The van der Waals surface area contributed by atoms with Crippen molar-refractivity contribution in [3.05, 3.63) is 29.8 Å². The molecule has 140 valence electrons. The van der Waals surface area contributed by atoms with Gasteiger partial charge in [-0.25, -0.2) is 4.79 Å². The molecule has 0 bridgehead atoms. The van der Waals surface area contributed by atoms with Crippen LogP contribution in [0.3, 0.4) is 0 Å². The molecule has 25 heavy (non-hydrogen) atoms. The van der Waals surface area contributed by atoms with Gasteiger partial charge in [-0.2, -0.15) is 0 Å². The van der Waals surface area contributed by atoms with Gasteiger partial charge in [0, 0.05) is 38.4 Å². The summed E-state index contributed by atoms with van der Waals surface area (Å²) in [6.07, 6.45) is -2.81. The van der Waals surface area contributed by atoms with Crippen molar-refractivity contribution in [2.24, 2.45) is 0 Å². The number of aliphatic hydroxyl groups excluding tert-OH is 2. The number of carbonyl (C=O) groups is 1. The van der Waals surface area contributed by atoms with Gasteiger partial charge in [-0.05, 0) is 38.5 Å². The van der Waals surface area contributed by atoms with Gasteiger partial charge >= 0.3 is 6.09 Å². The van der Waals surface area contributed by atoms with Crippen molar-refractivity contribution < 1.29 is 19.7 Å². The first kappa shape index (κ1) is 19.5. The molecule has 7 heteroatoms. The van der Waals surface area contributed by atoms with Crippen LogP contribution < -0.4 is 15.5 Å². The van der Waals surface area contributed by atoms with Gasteiger partial charge in [0.25, 0.3) is 0 Å². The van der Waals surface area contributed by atoms with Crippen LogP contribution in [0.25, 0.3) is 0 Å². The van der Waals surface area contributed by atoms with Gasteiger partial charge in [-0.1, -0.05) is 12.1 Å². The van der Waals surface area contributed by atoms with Crippen LogP contribution in [-0.2, 0) is 4.74 Å². The number of benzene rings is 1. The highest BCUT2D eigenvalue weighted by Gasteiger charge is 2.22. The molecular formula is C18H29N3O4. The minimum Gasteiger partial charge on any atom is -0.444 e. The van der Waals surface area contributed by atoms with E-state index in [9.17, 15) is 15.0 Å². The number of hydrogen-bond acceptors (Lipinski definition) is 6. The highest BCUT2D eigenvalue weighted by Crippen LogP contribution is 2.21. The van der Waals surface area contributed by atoms with E-state index in [1.807, 2.05) is 12.1 Å². The van der Waals surface area contributed by atoms with Crippen LogP contribution in [0.1, 0.15) is 32.4 Å². The average Bonchev–Trinajstić information content (AvgIpc) is 2.58. The average molecular weight is 351 g/mol. The maximum atomic E-state index is 11.6. The van der Waals surface area contributed by atoms with E-state index in [2.05, 4.69) is 15.5 Å². The summed E-state index contributed by atoms with van der Waals surface area (Å²) in [4.78, 5) is 13.9. The largest absolute Gasteiger partial charge is 0.444 e. The third kappa shape index (κ3) is 6.19. The quantitative estimate of drug-likeness (QED) is 0.633. The zero-order valence-corrected chi connectivity index (χ0v) is 15.2.